The number of methoxy groups -OCH3 is 1. The first kappa shape index (κ1) is 56.2. The lowest BCUT2D eigenvalue weighted by Crippen LogP contribution is -2.59. The van der Waals surface area contributed by atoms with E-state index in [-0.39, 0.29) is 24.9 Å². The van der Waals surface area contributed by atoms with E-state index in [1.54, 1.807) is 56.5 Å². The van der Waals surface area contributed by atoms with Crippen molar-refractivity contribution < 1.29 is 58.1 Å². The molecule has 0 aromatic heterocycles. The minimum Gasteiger partial charge on any atom is -0.480 e. The van der Waals surface area contributed by atoms with Gasteiger partial charge >= 0.3 is 11.9 Å². The molecule has 0 saturated carbocycles. The summed E-state index contributed by atoms with van der Waals surface area (Å²) in [7, 11) is 2.84. The quantitative estimate of drug-likeness (QED) is 0.112. The van der Waals surface area contributed by atoms with Crippen molar-refractivity contribution in [3.63, 3.8) is 0 Å². The zero-order valence-electron chi connectivity index (χ0n) is 40.4. The number of hydrogen-bond donors (Lipinski definition) is 8. The van der Waals surface area contributed by atoms with Crippen LogP contribution in [0.3, 0.4) is 0 Å². The third kappa shape index (κ3) is 17.2. The summed E-state index contributed by atoms with van der Waals surface area (Å²) >= 11 is 0. The van der Waals surface area contributed by atoms with E-state index in [9.17, 15) is 53.4 Å². The summed E-state index contributed by atoms with van der Waals surface area (Å²) in [5.74, 6) is -11.8. The molecule has 1 heterocycles. The van der Waals surface area contributed by atoms with Crippen LogP contribution < -0.4 is 31.9 Å². The van der Waals surface area contributed by atoms with E-state index in [2.05, 4.69) is 38.5 Å². The molecule has 2 aromatic rings. The topological polar surface area (TPSA) is 279 Å². The Hall–Kier alpha value is -7.15. The van der Waals surface area contributed by atoms with E-state index < -0.39 is 120 Å². The number of carbonyl (C=O) groups excluding carboxylic acids is 7. The smallest absolute Gasteiger partial charge is 0.327 e. The monoisotopic (exact) mass is 957 g/mol. The second-order valence-corrected chi connectivity index (χ2v) is 17.3. The Kier molecular flexibility index (Phi) is 22.0. The zero-order chi connectivity index (χ0) is 51.5. The van der Waals surface area contributed by atoms with Crippen LogP contribution in [0.4, 0.5) is 0 Å². The number of nitrogens with zero attached hydrogens (tertiary/aromatic N) is 1. The lowest BCUT2D eigenvalue weighted by molar-refractivity contribution is -0.146. The SMILES string of the molecule is C=C1C(=O)NC(C)C(=O)NC(Cc2ccccc2)C(=O)NC(C(=O)O)C(C)C(=O)NC(CC)C(=O)NC(C=CC(C)=CC(C)C(Cc2ccccc2)OC)C(C)C(=O)NC(C(=O)O)CCC(=O)N1C. The second kappa shape index (κ2) is 27.0. The molecule has 0 bridgehead atoms. The van der Waals surface area contributed by atoms with E-state index in [0.29, 0.717) is 12.0 Å². The molecular weight excluding hydrogens is 891 g/mol. The fourth-order valence-electron chi connectivity index (χ4n) is 7.39. The average molecular weight is 958 g/mol. The maximum Gasteiger partial charge on any atom is 0.327 e. The molecule has 3 rings (SSSR count). The summed E-state index contributed by atoms with van der Waals surface area (Å²) in [6, 6.07) is 9.64. The van der Waals surface area contributed by atoms with Gasteiger partial charge in [0.15, 0.2) is 0 Å². The summed E-state index contributed by atoms with van der Waals surface area (Å²) in [4.78, 5) is 121. The van der Waals surface area contributed by atoms with Crippen LogP contribution in [-0.2, 0) is 60.7 Å². The number of likely N-dealkylation sites (N-methyl/N-ethyl adjacent to an activating group) is 1. The summed E-state index contributed by atoms with van der Waals surface area (Å²) in [5, 5.41) is 35.4. The van der Waals surface area contributed by atoms with E-state index in [0.717, 1.165) is 16.0 Å². The van der Waals surface area contributed by atoms with Crippen molar-refractivity contribution in [2.24, 2.45) is 17.8 Å². The number of hydrogen-bond acceptors (Lipinski definition) is 10. The molecular formula is C50H67N7O12. The largest absolute Gasteiger partial charge is 0.480 e. The number of carboxylic acid groups (broad SMARTS) is 2. The number of allylic oxidation sites excluding steroid dienone is 2. The van der Waals surface area contributed by atoms with Gasteiger partial charge in [-0.05, 0) is 44.2 Å². The second-order valence-electron chi connectivity index (χ2n) is 17.3. The van der Waals surface area contributed by atoms with Crippen LogP contribution in [0.25, 0.3) is 0 Å². The number of ether oxygens (including phenoxy) is 1. The van der Waals surface area contributed by atoms with Crippen molar-refractivity contribution in [1.82, 2.24) is 36.8 Å². The summed E-state index contributed by atoms with van der Waals surface area (Å²) in [6.07, 6.45) is 4.61. The molecule has 10 unspecified atom stereocenters. The Balaban J connectivity index is 2.05. The molecule has 2 aromatic carbocycles. The van der Waals surface area contributed by atoms with Gasteiger partial charge < -0.3 is 51.8 Å². The fourth-order valence-corrected chi connectivity index (χ4v) is 7.39. The highest BCUT2D eigenvalue weighted by molar-refractivity contribution is 6.00. The summed E-state index contributed by atoms with van der Waals surface area (Å²) < 4.78 is 5.80. The van der Waals surface area contributed by atoms with Gasteiger partial charge in [0.05, 0.1) is 24.0 Å². The van der Waals surface area contributed by atoms with Crippen molar-refractivity contribution in [1.29, 1.82) is 0 Å². The van der Waals surface area contributed by atoms with Crippen LogP contribution in [0.15, 0.2) is 96.7 Å². The van der Waals surface area contributed by atoms with Crippen molar-refractivity contribution in [2.45, 2.75) is 116 Å². The van der Waals surface area contributed by atoms with Crippen LogP contribution >= 0.6 is 0 Å². The Bertz CT molecular complexity index is 2230. The van der Waals surface area contributed by atoms with Gasteiger partial charge in [0.1, 0.15) is 35.9 Å². The molecule has 1 aliphatic heterocycles. The van der Waals surface area contributed by atoms with Crippen LogP contribution in [0.1, 0.15) is 71.9 Å². The molecule has 0 aliphatic carbocycles. The number of nitrogens with one attached hydrogen (secondary N) is 6. The number of amides is 7. The van der Waals surface area contributed by atoms with Crippen molar-refractivity contribution in [3.05, 3.63) is 108 Å². The van der Waals surface area contributed by atoms with Crippen molar-refractivity contribution in [3.8, 4) is 0 Å². The minimum atomic E-state index is -1.86. The van der Waals surface area contributed by atoms with E-state index in [1.807, 2.05) is 50.3 Å². The molecule has 7 amide bonds. The first-order valence-electron chi connectivity index (χ1n) is 22.8. The average Bonchev–Trinajstić information content (AvgIpc) is 3.32. The van der Waals surface area contributed by atoms with E-state index >= 15 is 0 Å². The van der Waals surface area contributed by atoms with Gasteiger partial charge in [0.2, 0.25) is 35.4 Å². The lowest BCUT2D eigenvalue weighted by Gasteiger charge is -2.28. The Morgan fingerprint density at radius 3 is 1.90 bits per heavy atom. The van der Waals surface area contributed by atoms with Crippen LogP contribution in [0, 0.1) is 17.8 Å². The Morgan fingerprint density at radius 1 is 0.768 bits per heavy atom. The van der Waals surface area contributed by atoms with Crippen LogP contribution in [-0.4, -0.2) is 125 Å². The summed E-state index contributed by atoms with van der Waals surface area (Å²) in [5.41, 5.74) is 1.98. The van der Waals surface area contributed by atoms with Gasteiger partial charge in [0, 0.05) is 32.9 Å². The van der Waals surface area contributed by atoms with Crippen molar-refractivity contribution >= 4 is 53.3 Å². The van der Waals surface area contributed by atoms with Gasteiger partial charge in [-0.1, -0.05) is 119 Å². The third-order valence-electron chi connectivity index (χ3n) is 12.0. The van der Waals surface area contributed by atoms with Gasteiger partial charge in [0.25, 0.3) is 5.91 Å². The summed E-state index contributed by atoms with van der Waals surface area (Å²) in [6.45, 7) is 13.0. The molecule has 1 saturated heterocycles. The standard InChI is InChI=1S/C50H67N7O12/c1-10-36-47(63)53-37(22-21-28(2)25-29(3)40(69-9)27-35-19-15-12-16-20-35)30(4)43(59)54-38(49(65)66)23-24-41(58)57(8)33(7)46(62)51-32(6)45(61)55-39(26-34-17-13-11-14-18-34)48(64)56-42(50(67)68)31(5)44(60)52-36/h11-22,25,29-32,36-40,42H,7,10,23-24,26-27H2,1-6,8-9H3,(H,51,62)(H,52,60)(H,53,63)(H,54,59)(H,55,61)(H,56,64)(H,65,66)(H,67,68). The normalized spacial score (nSPS) is 25.7. The maximum absolute atomic E-state index is 14.0. The zero-order valence-corrected chi connectivity index (χ0v) is 40.4. The third-order valence-corrected chi connectivity index (χ3v) is 12.0. The Labute approximate surface area is 402 Å². The lowest BCUT2D eigenvalue weighted by atomic mass is 9.94. The van der Waals surface area contributed by atoms with E-state index in [4.69, 9.17) is 4.74 Å². The molecule has 10 atom stereocenters. The minimum absolute atomic E-state index is 0.00242. The molecule has 1 aliphatic rings. The number of rotatable bonds is 12. The molecule has 1 fully saturated rings. The highest BCUT2D eigenvalue weighted by Crippen LogP contribution is 2.19. The molecule has 69 heavy (non-hydrogen) atoms. The molecule has 0 spiro atoms. The number of carboxylic acids is 2. The number of aliphatic carboxylic acids is 2. The molecule has 0 radical (unpaired) electrons. The van der Waals surface area contributed by atoms with Gasteiger partial charge in [-0.25, -0.2) is 9.59 Å². The van der Waals surface area contributed by atoms with Crippen molar-refractivity contribution in [2.75, 3.05) is 14.2 Å². The van der Waals surface area contributed by atoms with E-state index in [1.165, 1.54) is 27.8 Å². The maximum atomic E-state index is 14.0. The first-order chi connectivity index (χ1) is 32.6. The highest BCUT2D eigenvalue weighted by Gasteiger charge is 2.37. The Morgan fingerprint density at radius 2 is 1.33 bits per heavy atom. The number of carbonyl (C=O) groups is 9. The van der Waals surface area contributed by atoms with Gasteiger partial charge in [-0.15, -0.1) is 0 Å². The molecule has 19 nitrogen and oxygen atoms in total. The predicted molar refractivity (Wildman–Crippen MR) is 255 cm³/mol. The molecule has 8 N–H and O–H groups in total. The fraction of sp³-hybridized carbons (Fsp3) is 0.460. The molecule has 19 heteroatoms. The molecule has 374 valence electrons. The number of benzene rings is 2. The van der Waals surface area contributed by atoms with Crippen LogP contribution in [0.2, 0.25) is 0 Å². The van der Waals surface area contributed by atoms with Gasteiger partial charge in [-0.3, -0.25) is 33.6 Å². The first-order valence-corrected chi connectivity index (χ1v) is 22.8. The van der Waals surface area contributed by atoms with Crippen LogP contribution in [0.5, 0.6) is 0 Å². The van der Waals surface area contributed by atoms with Gasteiger partial charge in [-0.2, -0.15) is 0 Å². The highest BCUT2D eigenvalue weighted by atomic mass is 16.5. The predicted octanol–water partition coefficient (Wildman–Crippen LogP) is 2.17.